The third kappa shape index (κ3) is 5.65. The third-order valence-corrected chi connectivity index (χ3v) is 6.91. The Morgan fingerprint density at radius 3 is 2.51 bits per heavy atom. The van der Waals surface area contributed by atoms with E-state index < -0.39 is 17.2 Å². The van der Waals surface area contributed by atoms with Gasteiger partial charge < -0.3 is 31.2 Å². The number of anilines is 3. The Kier molecular flexibility index (Phi) is 7.42. The van der Waals surface area contributed by atoms with E-state index in [1.165, 1.54) is 18.2 Å². The van der Waals surface area contributed by atoms with Crippen LogP contribution in [0.5, 0.6) is 0 Å². The lowest BCUT2D eigenvalue weighted by atomic mass is 9.89. The number of aromatic nitrogens is 2. The van der Waals surface area contributed by atoms with Gasteiger partial charge in [-0.1, -0.05) is 12.6 Å². The molecule has 1 aliphatic carbocycles. The second-order valence-corrected chi connectivity index (χ2v) is 9.86. The van der Waals surface area contributed by atoms with Crippen LogP contribution < -0.4 is 16.0 Å². The minimum absolute atomic E-state index is 0.0522. The Bertz CT molecular complexity index is 1050. The van der Waals surface area contributed by atoms with Gasteiger partial charge in [0.25, 0.3) is 0 Å². The first-order valence-electron chi connectivity index (χ1n) is 12.0. The Hall–Kier alpha value is -2.98. The molecule has 10 heteroatoms. The lowest BCUT2D eigenvalue weighted by molar-refractivity contribution is 0.0192. The summed E-state index contributed by atoms with van der Waals surface area (Å²) in [5.74, 6) is 0.0195. The quantitative estimate of drug-likeness (QED) is 0.329. The highest BCUT2D eigenvalue weighted by Gasteiger charge is 2.35. The molecule has 1 unspecified atom stereocenters. The second-order valence-electron chi connectivity index (χ2n) is 9.86. The molecular formula is C25H34F2N6O2. The largest absolute Gasteiger partial charge is 0.390 e. The van der Waals surface area contributed by atoms with Crippen molar-refractivity contribution >= 4 is 23.7 Å². The van der Waals surface area contributed by atoms with Gasteiger partial charge in [0.2, 0.25) is 5.95 Å². The van der Waals surface area contributed by atoms with E-state index in [1.807, 2.05) is 18.4 Å². The molecule has 2 fully saturated rings. The number of benzene rings is 1. The summed E-state index contributed by atoms with van der Waals surface area (Å²) in [6.07, 6.45) is 5.13. The van der Waals surface area contributed by atoms with Crippen LogP contribution >= 0.6 is 0 Å². The maximum atomic E-state index is 14.4. The maximum absolute atomic E-state index is 14.4. The number of aliphatic hydroxyl groups is 1. The molecule has 5 N–H and O–H groups in total. The van der Waals surface area contributed by atoms with Crippen molar-refractivity contribution in [2.75, 3.05) is 23.8 Å². The number of imidazole rings is 1. The van der Waals surface area contributed by atoms with Crippen LogP contribution in [0.2, 0.25) is 0 Å². The minimum atomic E-state index is -0.733. The van der Waals surface area contributed by atoms with Crippen molar-refractivity contribution in [3.63, 3.8) is 0 Å². The zero-order valence-electron chi connectivity index (χ0n) is 20.2. The van der Waals surface area contributed by atoms with E-state index in [2.05, 4.69) is 27.5 Å². The average Bonchev–Trinajstić information content (AvgIpc) is 3.41. The van der Waals surface area contributed by atoms with Crippen LogP contribution in [0.25, 0.3) is 0 Å². The highest BCUT2D eigenvalue weighted by atomic mass is 19.1. The standard InChI is InChI=1S/C25H34F2N6O2/c1-15(29-17-8-7-16(13-17)25(2,3)34)30-23-21(14-28)31-24(33(23)18-9-11-35-12-10-18)32-22-19(26)5-4-6-20(22)27/h4-6,14,16-18,28-30,34H,1,7-13H2,2-3H3,(H,31,32)/t16?,17-/m0/s1. The number of hydrogen-bond donors (Lipinski definition) is 5. The van der Waals surface area contributed by atoms with Gasteiger partial charge in [-0.3, -0.25) is 4.57 Å². The van der Waals surface area contributed by atoms with Gasteiger partial charge in [0.1, 0.15) is 28.8 Å². The van der Waals surface area contributed by atoms with Crippen LogP contribution in [-0.2, 0) is 4.74 Å². The lowest BCUT2D eigenvalue weighted by Crippen LogP contribution is -2.33. The van der Waals surface area contributed by atoms with Gasteiger partial charge in [0.05, 0.1) is 11.4 Å². The molecule has 0 amide bonds. The summed E-state index contributed by atoms with van der Waals surface area (Å²) in [5, 5.41) is 27.7. The average molecular weight is 489 g/mol. The summed E-state index contributed by atoms with van der Waals surface area (Å²) in [4.78, 5) is 4.48. The van der Waals surface area contributed by atoms with Gasteiger partial charge in [0, 0.05) is 31.5 Å². The highest BCUT2D eigenvalue weighted by molar-refractivity contribution is 5.84. The van der Waals surface area contributed by atoms with Crippen LogP contribution in [0.3, 0.4) is 0 Å². The molecule has 4 rings (SSSR count). The van der Waals surface area contributed by atoms with Crippen LogP contribution in [0.15, 0.2) is 30.6 Å². The number of hydrogen-bond acceptors (Lipinski definition) is 7. The molecule has 1 saturated heterocycles. The summed E-state index contributed by atoms with van der Waals surface area (Å²) < 4.78 is 36.1. The SMILES string of the molecule is C=C(Nc1c(C=N)nc(Nc2c(F)cccc2F)n1C1CCOCC1)N[C@H]1CCC(C(C)(C)O)C1. The molecule has 1 aromatic carbocycles. The van der Waals surface area contributed by atoms with E-state index in [-0.39, 0.29) is 29.6 Å². The number of nitrogens with zero attached hydrogens (tertiary/aromatic N) is 2. The molecular weight excluding hydrogens is 454 g/mol. The second kappa shape index (κ2) is 10.3. The van der Waals surface area contributed by atoms with E-state index in [9.17, 15) is 13.9 Å². The molecule has 1 aliphatic heterocycles. The van der Waals surface area contributed by atoms with Gasteiger partial charge in [-0.05, 0) is 64.0 Å². The predicted octanol–water partition coefficient (Wildman–Crippen LogP) is 4.67. The summed E-state index contributed by atoms with van der Waals surface area (Å²) in [7, 11) is 0. The minimum Gasteiger partial charge on any atom is -0.390 e. The van der Waals surface area contributed by atoms with Gasteiger partial charge in [-0.25, -0.2) is 13.8 Å². The molecule has 190 valence electrons. The molecule has 2 aromatic rings. The van der Waals surface area contributed by atoms with Crippen molar-refractivity contribution in [3.05, 3.63) is 47.9 Å². The molecule has 0 radical (unpaired) electrons. The summed E-state index contributed by atoms with van der Waals surface area (Å²) in [6.45, 7) is 8.89. The Labute approximate surface area is 204 Å². The summed E-state index contributed by atoms with van der Waals surface area (Å²) >= 11 is 0. The van der Waals surface area contributed by atoms with Crippen LogP contribution in [-0.4, -0.2) is 45.7 Å². The first kappa shape index (κ1) is 25.1. The Balaban J connectivity index is 1.60. The fraction of sp³-hybridized carbons (Fsp3) is 0.520. The van der Waals surface area contributed by atoms with E-state index in [4.69, 9.17) is 10.1 Å². The lowest BCUT2D eigenvalue weighted by Gasteiger charge is -2.28. The number of rotatable bonds is 9. The first-order valence-corrected chi connectivity index (χ1v) is 12.0. The smallest absolute Gasteiger partial charge is 0.210 e. The first-order chi connectivity index (χ1) is 16.7. The Morgan fingerprint density at radius 2 is 1.91 bits per heavy atom. The van der Waals surface area contributed by atoms with Gasteiger partial charge in [-0.2, -0.15) is 0 Å². The molecule has 8 nitrogen and oxygen atoms in total. The zero-order valence-corrected chi connectivity index (χ0v) is 20.2. The maximum Gasteiger partial charge on any atom is 0.210 e. The Morgan fingerprint density at radius 1 is 1.23 bits per heavy atom. The van der Waals surface area contributed by atoms with Crippen molar-refractivity contribution in [1.29, 1.82) is 5.41 Å². The number of nitrogens with one attached hydrogen (secondary N) is 4. The van der Waals surface area contributed by atoms with Crippen LogP contribution in [0.4, 0.5) is 26.2 Å². The number of para-hydroxylation sites is 1. The molecule has 2 atom stereocenters. The number of ether oxygens (including phenoxy) is 1. The van der Waals surface area contributed by atoms with Crippen molar-refractivity contribution in [2.45, 2.75) is 63.6 Å². The predicted molar refractivity (Wildman–Crippen MR) is 132 cm³/mol. The van der Waals surface area contributed by atoms with Crippen LogP contribution in [0, 0.1) is 23.0 Å². The van der Waals surface area contributed by atoms with E-state index >= 15 is 0 Å². The van der Waals surface area contributed by atoms with Crippen molar-refractivity contribution in [2.24, 2.45) is 5.92 Å². The van der Waals surface area contributed by atoms with Gasteiger partial charge >= 0.3 is 0 Å². The summed E-state index contributed by atoms with van der Waals surface area (Å²) in [6, 6.07) is 3.76. The molecule has 0 bridgehead atoms. The monoisotopic (exact) mass is 488 g/mol. The van der Waals surface area contributed by atoms with Gasteiger partial charge in [-0.15, -0.1) is 0 Å². The summed E-state index contributed by atoms with van der Waals surface area (Å²) in [5.41, 5.74) is -0.711. The van der Waals surface area contributed by atoms with Crippen molar-refractivity contribution in [1.82, 2.24) is 14.9 Å². The molecule has 2 heterocycles. The normalized spacial score (nSPS) is 21.1. The third-order valence-electron chi connectivity index (χ3n) is 6.91. The molecule has 35 heavy (non-hydrogen) atoms. The molecule has 2 aliphatic rings. The fourth-order valence-electron chi connectivity index (χ4n) is 4.97. The zero-order chi connectivity index (χ0) is 25.2. The fourth-order valence-corrected chi connectivity index (χ4v) is 4.97. The number of halogens is 2. The highest BCUT2D eigenvalue weighted by Crippen LogP contribution is 2.36. The topological polar surface area (TPSA) is 107 Å². The molecule has 1 saturated carbocycles. The van der Waals surface area contributed by atoms with E-state index in [0.717, 1.165) is 25.5 Å². The van der Waals surface area contributed by atoms with E-state index in [1.54, 1.807) is 0 Å². The van der Waals surface area contributed by atoms with Crippen molar-refractivity contribution < 1.29 is 18.6 Å². The molecule has 1 aromatic heterocycles. The van der Waals surface area contributed by atoms with E-state index in [0.29, 0.717) is 43.4 Å². The van der Waals surface area contributed by atoms with Crippen molar-refractivity contribution in [3.8, 4) is 0 Å². The molecule has 0 spiro atoms. The van der Waals surface area contributed by atoms with Gasteiger partial charge in [0.15, 0.2) is 0 Å². The van der Waals surface area contributed by atoms with Crippen LogP contribution in [0.1, 0.15) is 57.7 Å².